The minimum atomic E-state index is -4.52. The summed E-state index contributed by atoms with van der Waals surface area (Å²) in [7, 11) is 0. The first-order valence-electron chi connectivity index (χ1n) is 6.48. The highest BCUT2D eigenvalue weighted by Crippen LogP contribution is 2.32. The standard InChI is InChI=1S/C14H18ClF3N2O2/c1-13(2,3)22-12(21)20-7-11(19)8-4-9(14(16,17)18)6-10(15)5-8/h4-6,11H,7,19H2,1-3H3,(H,20,21). The third-order valence-electron chi connectivity index (χ3n) is 2.54. The SMILES string of the molecule is CC(C)(C)OC(=O)NCC(N)c1cc(Cl)cc(C(F)(F)F)c1. The van der Waals surface area contributed by atoms with Crippen LogP contribution >= 0.6 is 11.6 Å². The van der Waals surface area contributed by atoms with Crippen LogP contribution in [-0.2, 0) is 10.9 Å². The first kappa shape index (κ1) is 18.6. The summed E-state index contributed by atoms with van der Waals surface area (Å²) in [5.41, 5.74) is 4.41. The van der Waals surface area contributed by atoms with E-state index in [4.69, 9.17) is 22.1 Å². The van der Waals surface area contributed by atoms with Crippen LogP contribution in [0.3, 0.4) is 0 Å². The Morgan fingerprint density at radius 2 is 1.91 bits per heavy atom. The van der Waals surface area contributed by atoms with Gasteiger partial charge >= 0.3 is 12.3 Å². The molecule has 0 saturated carbocycles. The van der Waals surface area contributed by atoms with Gasteiger partial charge in [-0.05, 0) is 44.5 Å². The number of nitrogens with one attached hydrogen (secondary N) is 1. The molecule has 1 rings (SSSR count). The predicted octanol–water partition coefficient (Wildman–Crippen LogP) is 3.88. The lowest BCUT2D eigenvalue weighted by Gasteiger charge is -2.21. The summed E-state index contributed by atoms with van der Waals surface area (Å²) in [5.74, 6) is 0. The summed E-state index contributed by atoms with van der Waals surface area (Å²) in [6.45, 7) is 5.00. The van der Waals surface area contributed by atoms with Crippen LogP contribution in [0.15, 0.2) is 18.2 Å². The molecule has 124 valence electrons. The van der Waals surface area contributed by atoms with Gasteiger partial charge in [-0.2, -0.15) is 13.2 Å². The maximum Gasteiger partial charge on any atom is 0.416 e. The highest BCUT2D eigenvalue weighted by molar-refractivity contribution is 6.30. The van der Waals surface area contributed by atoms with Crippen LogP contribution in [-0.4, -0.2) is 18.2 Å². The first-order valence-corrected chi connectivity index (χ1v) is 6.86. The van der Waals surface area contributed by atoms with Crippen LogP contribution < -0.4 is 11.1 Å². The quantitative estimate of drug-likeness (QED) is 0.879. The lowest BCUT2D eigenvalue weighted by Crippen LogP contribution is -2.36. The van der Waals surface area contributed by atoms with Crippen molar-refractivity contribution < 1.29 is 22.7 Å². The van der Waals surface area contributed by atoms with Gasteiger partial charge in [0.2, 0.25) is 0 Å². The molecular weight excluding hydrogens is 321 g/mol. The molecule has 0 spiro atoms. The normalized spacial score (nSPS) is 13.6. The Bertz CT molecular complexity index is 542. The molecule has 1 amide bonds. The van der Waals surface area contributed by atoms with Crippen molar-refractivity contribution in [3.05, 3.63) is 34.3 Å². The molecule has 4 nitrogen and oxygen atoms in total. The topological polar surface area (TPSA) is 64.3 Å². The Hall–Kier alpha value is -1.47. The fourth-order valence-electron chi connectivity index (χ4n) is 1.62. The zero-order valence-electron chi connectivity index (χ0n) is 12.4. The molecule has 1 atom stereocenters. The molecule has 8 heteroatoms. The monoisotopic (exact) mass is 338 g/mol. The van der Waals surface area contributed by atoms with E-state index in [-0.39, 0.29) is 17.1 Å². The van der Waals surface area contributed by atoms with E-state index in [2.05, 4.69) is 5.32 Å². The second-order valence-corrected chi connectivity index (χ2v) is 6.20. The molecule has 0 aliphatic rings. The number of alkyl halides is 3. The van der Waals surface area contributed by atoms with E-state index in [0.29, 0.717) is 0 Å². The van der Waals surface area contributed by atoms with Crippen LogP contribution in [0.4, 0.5) is 18.0 Å². The van der Waals surface area contributed by atoms with E-state index in [1.165, 1.54) is 6.07 Å². The van der Waals surface area contributed by atoms with Crippen molar-refractivity contribution in [3.63, 3.8) is 0 Å². The number of hydrogen-bond donors (Lipinski definition) is 2. The molecule has 1 unspecified atom stereocenters. The van der Waals surface area contributed by atoms with Gasteiger partial charge in [-0.3, -0.25) is 0 Å². The average Bonchev–Trinajstić information content (AvgIpc) is 2.32. The highest BCUT2D eigenvalue weighted by atomic mass is 35.5. The van der Waals surface area contributed by atoms with E-state index in [9.17, 15) is 18.0 Å². The number of halogens is 4. The third-order valence-corrected chi connectivity index (χ3v) is 2.76. The number of carbonyl (C=O) groups is 1. The molecule has 0 aliphatic carbocycles. The Balaban J connectivity index is 2.76. The van der Waals surface area contributed by atoms with Crippen molar-refractivity contribution >= 4 is 17.7 Å². The van der Waals surface area contributed by atoms with Gasteiger partial charge in [0.15, 0.2) is 0 Å². The maximum absolute atomic E-state index is 12.7. The van der Waals surface area contributed by atoms with Gasteiger partial charge in [0.1, 0.15) is 5.60 Å². The van der Waals surface area contributed by atoms with Gasteiger partial charge in [0, 0.05) is 17.6 Å². The van der Waals surface area contributed by atoms with Gasteiger partial charge in [0.05, 0.1) is 5.56 Å². The summed E-state index contributed by atoms with van der Waals surface area (Å²) in [6.07, 6.45) is -5.21. The fourth-order valence-corrected chi connectivity index (χ4v) is 1.86. The van der Waals surface area contributed by atoms with Crippen LogP contribution in [0.1, 0.15) is 37.9 Å². The average molecular weight is 339 g/mol. The molecule has 1 aromatic carbocycles. The van der Waals surface area contributed by atoms with Crippen LogP contribution in [0, 0.1) is 0 Å². The van der Waals surface area contributed by atoms with E-state index >= 15 is 0 Å². The van der Waals surface area contributed by atoms with Gasteiger partial charge in [0.25, 0.3) is 0 Å². The van der Waals surface area contributed by atoms with Crippen LogP contribution in [0.2, 0.25) is 5.02 Å². The van der Waals surface area contributed by atoms with E-state index < -0.39 is 29.5 Å². The molecule has 0 aromatic heterocycles. The second-order valence-electron chi connectivity index (χ2n) is 5.76. The van der Waals surface area contributed by atoms with Crippen molar-refractivity contribution in [2.75, 3.05) is 6.54 Å². The van der Waals surface area contributed by atoms with Gasteiger partial charge in [-0.15, -0.1) is 0 Å². The second kappa shape index (κ2) is 6.75. The third kappa shape index (κ3) is 6.11. The van der Waals surface area contributed by atoms with Crippen LogP contribution in [0.25, 0.3) is 0 Å². The molecule has 0 bridgehead atoms. The minimum Gasteiger partial charge on any atom is -0.444 e. The fraction of sp³-hybridized carbons (Fsp3) is 0.500. The van der Waals surface area contributed by atoms with Crippen molar-refractivity contribution in [1.29, 1.82) is 0 Å². The largest absolute Gasteiger partial charge is 0.444 e. The Labute approximate surface area is 131 Å². The number of benzene rings is 1. The van der Waals surface area contributed by atoms with Crippen molar-refractivity contribution in [3.8, 4) is 0 Å². The van der Waals surface area contributed by atoms with Crippen molar-refractivity contribution in [2.24, 2.45) is 5.73 Å². The number of alkyl carbamates (subject to hydrolysis) is 1. The summed E-state index contributed by atoms with van der Waals surface area (Å²) < 4.78 is 43.2. The summed E-state index contributed by atoms with van der Waals surface area (Å²) in [5, 5.41) is 2.33. The molecule has 1 aromatic rings. The summed E-state index contributed by atoms with van der Waals surface area (Å²) in [6, 6.07) is 2.22. The zero-order valence-corrected chi connectivity index (χ0v) is 13.2. The molecule has 0 heterocycles. The molecule has 3 N–H and O–H groups in total. The highest BCUT2D eigenvalue weighted by Gasteiger charge is 2.31. The number of carbonyl (C=O) groups excluding carboxylic acids is 1. The number of amides is 1. The van der Waals surface area contributed by atoms with E-state index in [1.807, 2.05) is 0 Å². The lowest BCUT2D eigenvalue weighted by molar-refractivity contribution is -0.137. The minimum absolute atomic E-state index is 0.0717. The van der Waals surface area contributed by atoms with Gasteiger partial charge in [-0.25, -0.2) is 4.79 Å². The van der Waals surface area contributed by atoms with E-state index in [0.717, 1.165) is 12.1 Å². The molecule has 0 fully saturated rings. The van der Waals surface area contributed by atoms with E-state index in [1.54, 1.807) is 20.8 Å². The smallest absolute Gasteiger partial charge is 0.416 e. The Morgan fingerprint density at radius 3 is 2.41 bits per heavy atom. The maximum atomic E-state index is 12.7. The summed E-state index contributed by atoms with van der Waals surface area (Å²) >= 11 is 5.68. The van der Waals surface area contributed by atoms with Gasteiger partial charge in [-0.1, -0.05) is 11.6 Å². The molecule has 0 saturated heterocycles. The predicted molar refractivity (Wildman–Crippen MR) is 77.6 cm³/mol. The van der Waals surface area contributed by atoms with Crippen LogP contribution in [0.5, 0.6) is 0 Å². The summed E-state index contributed by atoms with van der Waals surface area (Å²) in [4.78, 5) is 11.5. The number of rotatable bonds is 3. The van der Waals surface area contributed by atoms with Crippen molar-refractivity contribution in [1.82, 2.24) is 5.32 Å². The number of ether oxygens (including phenoxy) is 1. The molecule has 0 radical (unpaired) electrons. The molecular formula is C14H18ClF3N2O2. The Morgan fingerprint density at radius 1 is 1.32 bits per heavy atom. The first-order chi connectivity index (χ1) is 9.88. The molecule has 22 heavy (non-hydrogen) atoms. The lowest BCUT2D eigenvalue weighted by atomic mass is 10.0. The Kier molecular flexibility index (Phi) is 5.70. The molecule has 0 aliphatic heterocycles. The van der Waals surface area contributed by atoms with Gasteiger partial charge < -0.3 is 15.8 Å². The van der Waals surface area contributed by atoms with Crippen molar-refractivity contribution in [2.45, 2.75) is 38.6 Å². The number of nitrogens with two attached hydrogens (primary N) is 1. The zero-order chi connectivity index (χ0) is 17.1. The number of hydrogen-bond acceptors (Lipinski definition) is 3.